The number of nitrogens with zero attached hydrogens (tertiary/aromatic N) is 3. The van der Waals surface area contributed by atoms with Gasteiger partial charge in [0.2, 0.25) is 0 Å². The van der Waals surface area contributed by atoms with E-state index >= 15 is 0 Å². The van der Waals surface area contributed by atoms with Gasteiger partial charge in [0.05, 0.1) is 17.4 Å². The lowest BCUT2D eigenvalue weighted by molar-refractivity contribution is 0.0696. The molecule has 7 nitrogen and oxygen atoms in total. The number of carbonyl (C=O) groups is 2. The Morgan fingerprint density at radius 1 is 1.12 bits per heavy atom. The molecule has 0 aliphatic rings. The molecule has 0 fully saturated rings. The molecule has 24 heavy (non-hydrogen) atoms. The summed E-state index contributed by atoms with van der Waals surface area (Å²) in [5, 5.41) is 19.5. The Morgan fingerprint density at radius 3 is 2.58 bits per heavy atom. The summed E-state index contributed by atoms with van der Waals surface area (Å²) in [6, 6.07) is 13.3. The number of carbonyl (C=O) groups excluding carboxylic acids is 1. The van der Waals surface area contributed by atoms with E-state index in [9.17, 15) is 9.59 Å². The molecule has 0 radical (unpaired) electrons. The second kappa shape index (κ2) is 6.51. The van der Waals surface area contributed by atoms with Crippen molar-refractivity contribution < 1.29 is 14.7 Å². The lowest BCUT2D eigenvalue weighted by atomic mass is 10.2. The Balaban J connectivity index is 1.81. The molecular weight excluding hydrogens is 332 g/mol. The first-order chi connectivity index (χ1) is 11.5. The van der Waals surface area contributed by atoms with Crippen LogP contribution in [-0.2, 0) is 0 Å². The maximum absolute atomic E-state index is 12.2. The third-order valence-corrected chi connectivity index (χ3v) is 3.37. The fourth-order valence-electron chi connectivity index (χ4n) is 2.06. The summed E-state index contributed by atoms with van der Waals surface area (Å²) in [6.07, 6.45) is 1.48. The van der Waals surface area contributed by atoms with Gasteiger partial charge in [0.25, 0.3) is 5.91 Å². The number of para-hydroxylation sites is 1. The highest BCUT2D eigenvalue weighted by Gasteiger charge is 2.13. The third kappa shape index (κ3) is 3.41. The van der Waals surface area contributed by atoms with Crippen molar-refractivity contribution in [3.05, 3.63) is 71.0 Å². The van der Waals surface area contributed by atoms with Gasteiger partial charge in [0, 0.05) is 10.7 Å². The molecule has 0 aliphatic carbocycles. The average Bonchev–Trinajstić information content (AvgIpc) is 3.05. The first-order valence-corrected chi connectivity index (χ1v) is 7.24. The van der Waals surface area contributed by atoms with Gasteiger partial charge in [-0.1, -0.05) is 35.0 Å². The minimum atomic E-state index is -1.14. The van der Waals surface area contributed by atoms with E-state index < -0.39 is 11.9 Å². The van der Waals surface area contributed by atoms with Crippen molar-refractivity contribution >= 4 is 29.2 Å². The van der Waals surface area contributed by atoms with E-state index in [0.717, 1.165) is 5.69 Å². The summed E-state index contributed by atoms with van der Waals surface area (Å²) < 4.78 is 1.47. The van der Waals surface area contributed by atoms with Crippen LogP contribution in [0.15, 0.2) is 54.7 Å². The van der Waals surface area contributed by atoms with Gasteiger partial charge < -0.3 is 10.4 Å². The summed E-state index contributed by atoms with van der Waals surface area (Å²) >= 11 is 5.86. The van der Waals surface area contributed by atoms with Crippen LogP contribution in [0, 0.1) is 0 Å². The summed E-state index contributed by atoms with van der Waals surface area (Å²) in [5.74, 6) is -1.65. The Labute approximate surface area is 141 Å². The van der Waals surface area contributed by atoms with Gasteiger partial charge in [-0.25, -0.2) is 9.48 Å². The van der Waals surface area contributed by atoms with E-state index in [2.05, 4.69) is 15.6 Å². The maximum atomic E-state index is 12.2. The fourth-order valence-corrected chi connectivity index (χ4v) is 2.29. The predicted molar refractivity (Wildman–Crippen MR) is 87.7 cm³/mol. The second-order valence-corrected chi connectivity index (χ2v) is 5.31. The van der Waals surface area contributed by atoms with Crippen LogP contribution >= 0.6 is 11.6 Å². The molecule has 0 unspecified atom stereocenters. The van der Waals surface area contributed by atoms with Crippen LogP contribution in [0.3, 0.4) is 0 Å². The highest BCUT2D eigenvalue weighted by molar-refractivity contribution is 6.31. The number of aromatic carboxylic acids is 1. The van der Waals surface area contributed by atoms with Crippen LogP contribution in [0.5, 0.6) is 0 Å². The molecule has 0 aliphatic heterocycles. The lowest BCUT2D eigenvalue weighted by Gasteiger charge is -2.05. The Hall–Kier alpha value is -3.19. The van der Waals surface area contributed by atoms with Crippen molar-refractivity contribution in [2.45, 2.75) is 0 Å². The van der Waals surface area contributed by atoms with Crippen molar-refractivity contribution in [3.8, 4) is 5.69 Å². The van der Waals surface area contributed by atoms with E-state index in [4.69, 9.17) is 16.7 Å². The number of carboxylic acid groups (broad SMARTS) is 1. The number of halogens is 1. The summed E-state index contributed by atoms with van der Waals surface area (Å²) in [5.41, 5.74) is 1.10. The molecule has 0 spiro atoms. The average molecular weight is 343 g/mol. The highest BCUT2D eigenvalue weighted by atomic mass is 35.5. The van der Waals surface area contributed by atoms with E-state index in [1.807, 2.05) is 30.3 Å². The molecule has 0 saturated heterocycles. The molecule has 120 valence electrons. The zero-order valence-corrected chi connectivity index (χ0v) is 12.9. The van der Waals surface area contributed by atoms with Gasteiger partial charge in [-0.15, -0.1) is 5.10 Å². The number of hydrogen-bond donors (Lipinski definition) is 2. The summed E-state index contributed by atoms with van der Waals surface area (Å²) in [4.78, 5) is 23.3. The minimum Gasteiger partial charge on any atom is -0.478 e. The van der Waals surface area contributed by atoms with E-state index in [-0.39, 0.29) is 22.0 Å². The molecule has 2 aromatic carbocycles. The van der Waals surface area contributed by atoms with Crippen molar-refractivity contribution in [3.63, 3.8) is 0 Å². The molecule has 0 saturated carbocycles. The molecule has 0 bridgehead atoms. The monoisotopic (exact) mass is 342 g/mol. The van der Waals surface area contributed by atoms with Gasteiger partial charge in [0.1, 0.15) is 0 Å². The van der Waals surface area contributed by atoms with Crippen molar-refractivity contribution in [2.75, 3.05) is 5.32 Å². The number of amides is 1. The number of hydrogen-bond acceptors (Lipinski definition) is 4. The molecule has 8 heteroatoms. The molecule has 1 aromatic heterocycles. The van der Waals surface area contributed by atoms with Crippen LogP contribution < -0.4 is 5.32 Å². The zero-order valence-electron chi connectivity index (χ0n) is 12.2. The number of anilines is 1. The minimum absolute atomic E-state index is 0.0225. The second-order valence-electron chi connectivity index (χ2n) is 4.87. The zero-order chi connectivity index (χ0) is 17.1. The smallest absolute Gasteiger partial charge is 0.335 e. The van der Waals surface area contributed by atoms with Crippen LogP contribution in [-0.4, -0.2) is 32.0 Å². The van der Waals surface area contributed by atoms with Crippen LogP contribution in [0.1, 0.15) is 20.8 Å². The van der Waals surface area contributed by atoms with Crippen molar-refractivity contribution in [1.82, 2.24) is 15.0 Å². The van der Waals surface area contributed by atoms with Gasteiger partial charge in [0.15, 0.2) is 5.69 Å². The van der Waals surface area contributed by atoms with E-state index in [1.54, 1.807) is 0 Å². The molecular formula is C16H11ClN4O3. The molecule has 3 rings (SSSR count). The van der Waals surface area contributed by atoms with Gasteiger partial charge in [-0.3, -0.25) is 4.79 Å². The number of carboxylic acids is 1. The van der Waals surface area contributed by atoms with Gasteiger partial charge >= 0.3 is 5.97 Å². The highest BCUT2D eigenvalue weighted by Crippen LogP contribution is 2.20. The first-order valence-electron chi connectivity index (χ1n) is 6.86. The first kappa shape index (κ1) is 15.7. The van der Waals surface area contributed by atoms with E-state index in [1.165, 1.54) is 29.1 Å². The Bertz CT molecular complexity index is 909. The molecule has 2 N–H and O–H groups in total. The molecule has 0 atom stereocenters. The summed E-state index contributed by atoms with van der Waals surface area (Å²) in [7, 11) is 0. The van der Waals surface area contributed by atoms with Crippen LogP contribution in [0.25, 0.3) is 5.69 Å². The number of benzene rings is 2. The Kier molecular flexibility index (Phi) is 4.26. The van der Waals surface area contributed by atoms with E-state index in [0.29, 0.717) is 0 Å². The largest absolute Gasteiger partial charge is 0.478 e. The predicted octanol–water partition coefficient (Wildman–Crippen LogP) is 2.87. The lowest BCUT2D eigenvalue weighted by Crippen LogP contribution is -2.13. The normalized spacial score (nSPS) is 10.4. The van der Waals surface area contributed by atoms with Gasteiger partial charge in [-0.2, -0.15) is 0 Å². The third-order valence-electron chi connectivity index (χ3n) is 3.15. The number of nitrogens with one attached hydrogen (secondary N) is 1. The Morgan fingerprint density at radius 2 is 1.88 bits per heavy atom. The van der Waals surface area contributed by atoms with Crippen LogP contribution in [0.4, 0.5) is 5.69 Å². The SMILES string of the molecule is O=C(O)c1cc(Cl)cc(NC(=O)c2cn(-c3ccccc3)nn2)c1. The van der Waals surface area contributed by atoms with Crippen LogP contribution in [0.2, 0.25) is 5.02 Å². The molecule has 3 aromatic rings. The quantitative estimate of drug-likeness (QED) is 0.759. The van der Waals surface area contributed by atoms with Crippen molar-refractivity contribution in [1.29, 1.82) is 0 Å². The molecule has 1 amide bonds. The fraction of sp³-hybridized carbons (Fsp3) is 0. The standard InChI is InChI=1S/C16H11ClN4O3/c17-11-6-10(16(23)24)7-12(8-11)18-15(22)14-9-21(20-19-14)13-4-2-1-3-5-13/h1-9H,(H,18,22)(H,23,24). The maximum Gasteiger partial charge on any atom is 0.335 e. The van der Waals surface area contributed by atoms with Gasteiger partial charge in [-0.05, 0) is 30.3 Å². The van der Waals surface area contributed by atoms with Crippen molar-refractivity contribution in [2.24, 2.45) is 0 Å². The summed E-state index contributed by atoms with van der Waals surface area (Å²) in [6.45, 7) is 0. The molecule has 1 heterocycles. The number of rotatable bonds is 4. The topological polar surface area (TPSA) is 97.1 Å². The number of aromatic nitrogens is 3.